The molecule has 0 aliphatic rings. The number of aryl methyl sites for hydroxylation is 1. The van der Waals surface area contributed by atoms with Crippen LogP contribution in [0.25, 0.3) is 0 Å². The Morgan fingerprint density at radius 2 is 1.86 bits per heavy atom. The summed E-state index contributed by atoms with van der Waals surface area (Å²) in [6.07, 6.45) is -0.518. The molecule has 0 fully saturated rings. The Labute approximate surface area is 90.7 Å². The molecular weight excluding hydrogens is 196 g/mol. The number of rotatable bonds is 1. The van der Waals surface area contributed by atoms with Crippen molar-refractivity contribution >= 4 is 11.6 Å². The summed E-state index contributed by atoms with van der Waals surface area (Å²) in [6, 6.07) is 5.75. The van der Waals surface area contributed by atoms with Gasteiger partial charge in [0.05, 0.1) is 6.10 Å². The van der Waals surface area contributed by atoms with Crippen LogP contribution in [0.15, 0.2) is 18.2 Å². The first kappa shape index (κ1) is 11.5. The highest BCUT2D eigenvalue weighted by Crippen LogP contribution is 2.36. The highest BCUT2D eigenvalue weighted by molar-refractivity contribution is 6.31. The molecule has 1 nitrogen and oxygen atoms in total. The lowest BCUT2D eigenvalue weighted by Gasteiger charge is -2.27. The molecule has 0 heterocycles. The molecule has 1 atom stereocenters. The predicted octanol–water partition coefficient (Wildman–Crippen LogP) is 3.73. The quantitative estimate of drug-likeness (QED) is 0.752. The minimum absolute atomic E-state index is 0.182. The summed E-state index contributed by atoms with van der Waals surface area (Å²) in [7, 11) is 0. The lowest BCUT2D eigenvalue weighted by Crippen LogP contribution is -2.18. The van der Waals surface area contributed by atoms with E-state index in [-0.39, 0.29) is 5.41 Å². The van der Waals surface area contributed by atoms with E-state index in [2.05, 4.69) is 0 Å². The Bertz CT molecular complexity index is 326. The highest BCUT2D eigenvalue weighted by Gasteiger charge is 2.25. The van der Waals surface area contributed by atoms with Crippen LogP contribution in [0.3, 0.4) is 0 Å². The number of hydrogen-bond acceptors (Lipinski definition) is 1. The molecule has 0 spiro atoms. The molecule has 0 saturated carbocycles. The van der Waals surface area contributed by atoms with E-state index in [0.717, 1.165) is 11.1 Å². The molecule has 14 heavy (non-hydrogen) atoms. The van der Waals surface area contributed by atoms with Crippen LogP contribution in [0, 0.1) is 12.3 Å². The maximum Gasteiger partial charge on any atom is 0.0852 e. The Hall–Kier alpha value is -0.530. The standard InChI is InChI=1S/C12H17ClO/c1-8-5-6-9(10(13)7-8)11(14)12(2,3)4/h5-7,11,14H,1-4H3. The van der Waals surface area contributed by atoms with Gasteiger partial charge in [0.15, 0.2) is 0 Å². The lowest BCUT2D eigenvalue weighted by molar-refractivity contribution is 0.0627. The second-order valence-corrected chi connectivity index (χ2v) is 5.20. The summed E-state index contributed by atoms with van der Waals surface area (Å²) in [4.78, 5) is 0. The number of hydrogen-bond donors (Lipinski definition) is 1. The van der Waals surface area contributed by atoms with E-state index in [1.54, 1.807) is 0 Å². The minimum Gasteiger partial charge on any atom is -0.388 e. The molecule has 0 aliphatic carbocycles. The summed E-state index contributed by atoms with van der Waals surface area (Å²) >= 11 is 6.07. The van der Waals surface area contributed by atoms with Crippen LogP contribution in [0.4, 0.5) is 0 Å². The molecule has 1 aromatic carbocycles. The van der Waals surface area contributed by atoms with Crippen molar-refractivity contribution in [1.29, 1.82) is 0 Å². The van der Waals surface area contributed by atoms with Gasteiger partial charge in [0.2, 0.25) is 0 Å². The Balaban J connectivity index is 3.08. The average molecular weight is 213 g/mol. The third kappa shape index (κ3) is 2.49. The largest absolute Gasteiger partial charge is 0.388 e. The van der Waals surface area contributed by atoms with Crippen molar-refractivity contribution in [3.63, 3.8) is 0 Å². The first-order valence-electron chi connectivity index (χ1n) is 4.76. The van der Waals surface area contributed by atoms with Crippen LogP contribution in [-0.4, -0.2) is 5.11 Å². The van der Waals surface area contributed by atoms with Gasteiger partial charge in [0, 0.05) is 5.02 Å². The van der Waals surface area contributed by atoms with E-state index in [4.69, 9.17) is 11.6 Å². The Morgan fingerprint density at radius 1 is 1.29 bits per heavy atom. The summed E-state index contributed by atoms with van der Waals surface area (Å²) in [5.41, 5.74) is 1.74. The Kier molecular flexibility index (Phi) is 3.23. The molecule has 0 saturated heterocycles. The third-order valence-electron chi connectivity index (χ3n) is 2.27. The second kappa shape index (κ2) is 3.92. The summed E-state index contributed by atoms with van der Waals surface area (Å²) in [5, 5.41) is 10.7. The van der Waals surface area contributed by atoms with Gasteiger partial charge >= 0.3 is 0 Å². The molecule has 1 unspecified atom stereocenters. The molecule has 0 aromatic heterocycles. The number of aliphatic hydroxyl groups excluding tert-OH is 1. The fourth-order valence-corrected chi connectivity index (χ4v) is 1.66. The molecule has 0 aliphatic heterocycles. The van der Waals surface area contributed by atoms with Crippen molar-refractivity contribution in [3.05, 3.63) is 34.3 Å². The number of benzene rings is 1. The maximum absolute atomic E-state index is 10.0. The molecule has 2 heteroatoms. The molecule has 0 radical (unpaired) electrons. The number of halogens is 1. The van der Waals surface area contributed by atoms with Gasteiger partial charge in [-0.2, -0.15) is 0 Å². The van der Waals surface area contributed by atoms with E-state index in [0.29, 0.717) is 5.02 Å². The molecule has 1 aromatic rings. The topological polar surface area (TPSA) is 20.2 Å². The fourth-order valence-electron chi connectivity index (χ4n) is 1.32. The van der Waals surface area contributed by atoms with Crippen LogP contribution in [-0.2, 0) is 0 Å². The number of aliphatic hydroxyl groups is 1. The van der Waals surface area contributed by atoms with Crippen molar-refractivity contribution in [2.45, 2.75) is 33.8 Å². The minimum atomic E-state index is -0.518. The first-order chi connectivity index (χ1) is 6.32. The average Bonchev–Trinajstić information content (AvgIpc) is 2.01. The van der Waals surface area contributed by atoms with Crippen LogP contribution in [0.5, 0.6) is 0 Å². The van der Waals surface area contributed by atoms with Gasteiger partial charge in [-0.15, -0.1) is 0 Å². The fraction of sp³-hybridized carbons (Fsp3) is 0.500. The molecule has 0 bridgehead atoms. The van der Waals surface area contributed by atoms with Crippen LogP contribution in [0.2, 0.25) is 5.02 Å². The van der Waals surface area contributed by atoms with E-state index in [1.165, 1.54) is 0 Å². The first-order valence-corrected chi connectivity index (χ1v) is 5.14. The SMILES string of the molecule is Cc1ccc(C(O)C(C)(C)C)c(Cl)c1. The van der Waals surface area contributed by atoms with Gasteiger partial charge in [-0.05, 0) is 29.5 Å². The monoisotopic (exact) mass is 212 g/mol. The summed E-state index contributed by atoms with van der Waals surface area (Å²) in [5.74, 6) is 0. The normalized spacial score (nSPS) is 14.1. The van der Waals surface area contributed by atoms with E-state index in [1.807, 2.05) is 45.9 Å². The van der Waals surface area contributed by atoms with Gasteiger partial charge in [-0.3, -0.25) is 0 Å². The van der Waals surface area contributed by atoms with Crippen molar-refractivity contribution in [1.82, 2.24) is 0 Å². The zero-order valence-corrected chi connectivity index (χ0v) is 9.89. The predicted molar refractivity (Wildman–Crippen MR) is 60.6 cm³/mol. The summed E-state index contributed by atoms with van der Waals surface area (Å²) in [6.45, 7) is 7.97. The van der Waals surface area contributed by atoms with Crippen LogP contribution < -0.4 is 0 Å². The van der Waals surface area contributed by atoms with Crippen LogP contribution in [0.1, 0.15) is 38.0 Å². The van der Waals surface area contributed by atoms with Gasteiger partial charge < -0.3 is 5.11 Å². The van der Waals surface area contributed by atoms with Gasteiger partial charge in [-0.1, -0.05) is 44.5 Å². The van der Waals surface area contributed by atoms with E-state index >= 15 is 0 Å². The van der Waals surface area contributed by atoms with Crippen molar-refractivity contribution in [2.24, 2.45) is 5.41 Å². The van der Waals surface area contributed by atoms with Crippen molar-refractivity contribution in [3.8, 4) is 0 Å². The molecule has 78 valence electrons. The third-order valence-corrected chi connectivity index (χ3v) is 2.60. The van der Waals surface area contributed by atoms with Crippen molar-refractivity contribution in [2.75, 3.05) is 0 Å². The maximum atomic E-state index is 10.0. The summed E-state index contributed by atoms with van der Waals surface area (Å²) < 4.78 is 0. The molecule has 1 rings (SSSR count). The zero-order chi connectivity index (χ0) is 10.9. The van der Waals surface area contributed by atoms with Crippen LogP contribution >= 0.6 is 11.6 Å². The Morgan fingerprint density at radius 3 is 2.29 bits per heavy atom. The molecule has 1 N–H and O–H groups in total. The molecule has 0 amide bonds. The molecular formula is C12H17ClO. The second-order valence-electron chi connectivity index (χ2n) is 4.79. The highest BCUT2D eigenvalue weighted by atomic mass is 35.5. The smallest absolute Gasteiger partial charge is 0.0852 e. The van der Waals surface area contributed by atoms with Gasteiger partial charge in [0.25, 0.3) is 0 Å². The van der Waals surface area contributed by atoms with E-state index < -0.39 is 6.10 Å². The lowest BCUT2D eigenvalue weighted by atomic mass is 9.84. The van der Waals surface area contributed by atoms with Crippen molar-refractivity contribution < 1.29 is 5.11 Å². The van der Waals surface area contributed by atoms with Gasteiger partial charge in [-0.25, -0.2) is 0 Å². The van der Waals surface area contributed by atoms with Gasteiger partial charge in [0.1, 0.15) is 0 Å². The van der Waals surface area contributed by atoms with E-state index in [9.17, 15) is 5.11 Å². The zero-order valence-electron chi connectivity index (χ0n) is 9.13.